The molecular weight excluding hydrogens is 174 g/mol. The van der Waals surface area contributed by atoms with Crippen molar-refractivity contribution in [2.75, 3.05) is 13.1 Å². The second-order valence-corrected chi connectivity index (χ2v) is 4.86. The predicted octanol–water partition coefficient (Wildman–Crippen LogP) is 2.23. The van der Waals surface area contributed by atoms with Gasteiger partial charge in [0.2, 0.25) is 0 Å². The smallest absolute Gasteiger partial charge is 0.135 e. The molecule has 2 aliphatic rings. The Bertz CT molecular complexity index is 198. The van der Waals surface area contributed by atoms with Crippen molar-refractivity contribution in [3.8, 4) is 0 Å². The van der Waals surface area contributed by atoms with Crippen molar-refractivity contribution in [1.82, 2.24) is 4.90 Å². The lowest BCUT2D eigenvalue weighted by Crippen LogP contribution is -2.43. The number of Topliss-reactive ketones (excluding diaryl/α,β-unsaturated/α-hetero) is 1. The van der Waals surface area contributed by atoms with Gasteiger partial charge in [-0.15, -0.1) is 0 Å². The van der Waals surface area contributed by atoms with Crippen molar-refractivity contribution < 1.29 is 4.79 Å². The minimum absolute atomic E-state index is 0.458. The second kappa shape index (κ2) is 4.43. The molecule has 1 aliphatic heterocycles. The summed E-state index contributed by atoms with van der Waals surface area (Å²) in [4.78, 5) is 13.7. The van der Waals surface area contributed by atoms with Crippen LogP contribution in [-0.2, 0) is 4.79 Å². The van der Waals surface area contributed by atoms with E-state index in [4.69, 9.17) is 0 Å². The molecule has 2 fully saturated rings. The molecule has 1 aliphatic carbocycles. The predicted molar refractivity (Wildman–Crippen MR) is 57.2 cm³/mol. The fourth-order valence-corrected chi connectivity index (χ4v) is 2.92. The van der Waals surface area contributed by atoms with Crippen LogP contribution in [0.4, 0.5) is 0 Å². The van der Waals surface area contributed by atoms with E-state index in [0.29, 0.717) is 11.8 Å². The van der Waals surface area contributed by atoms with Crippen LogP contribution in [0.25, 0.3) is 0 Å². The first-order chi connectivity index (χ1) is 6.77. The van der Waals surface area contributed by atoms with Crippen LogP contribution in [0.5, 0.6) is 0 Å². The number of ketones is 1. The monoisotopic (exact) mass is 195 g/mol. The third-order valence-corrected chi connectivity index (χ3v) is 4.01. The van der Waals surface area contributed by atoms with Crippen molar-refractivity contribution in [2.45, 2.75) is 51.5 Å². The van der Waals surface area contributed by atoms with Gasteiger partial charge >= 0.3 is 0 Å². The summed E-state index contributed by atoms with van der Waals surface area (Å²) in [7, 11) is 0. The SMILES string of the molecule is CC(C1CCCC1)N1CCC(=O)CC1. The third-order valence-electron chi connectivity index (χ3n) is 4.01. The highest BCUT2D eigenvalue weighted by atomic mass is 16.1. The van der Waals surface area contributed by atoms with E-state index in [1.807, 2.05) is 0 Å². The van der Waals surface area contributed by atoms with Crippen LogP contribution in [0.15, 0.2) is 0 Å². The van der Waals surface area contributed by atoms with Gasteiger partial charge in [-0.2, -0.15) is 0 Å². The number of hydrogen-bond acceptors (Lipinski definition) is 2. The molecule has 1 heterocycles. The molecule has 1 saturated heterocycles. The average molecular weight is 195 g/mol. The lowest BCUT2D eigenvalue weighted by Gasteiger charge is -2.35. The Hall–Kier alpha value is -0.370. The topological polar surface area (TPSA) is 20.3 Å². The Morgan fingerprint density at radius 3 is 2.36 bits per heavy atom. The molecule has 80 valence electrons. The van der Waals surface area contributed by atoms with Gasteiger partial charge in [0.1, 0.15) is 5.78 Å². The molecule has 0 radical (unpaired) electrons. The Kier molecular flexibility index (Phi) is 3.22. The van der Waals surface area contributed by atoms with Gasteiger partial charge < -0.3 is 0 Å². The van der Waals surface area contributed by atoms with Crippen molar-refractivity contribution in [1.29, 1.82) is 0 Å². The van der Waals surface area contributed by atoms with Gasteiger partial charge in [-0.25, -0.2) is 0 Å². The van der Waals surface area contributed by atoms with Gasteiger partial charge in [0.25, 0.3) is 0 Å². The van der Waals surface area contributed by atoms with Crippen LogP contribution in [0.1, 0.15) is 45.4 Å². The largest absolute Gasteiger partial charge is 0.300 e. The van der Waals surface area contributed by atoms with Crippen molar-refractivity contribution in [2.24, 2.45) is 5.92 Å². The lowest BCUT2D eigenvalue weighted by atomic mass is 9.96. The zero-order valence-electron chi connectivity index (χ0n) is 9.17. The first kappa shape index (κ1) is 10.2. The molecule has 0 aromatic heterocycles. The van der Waals surface area contributed by atoms with Gasteiger partial charge in [-0.1, -0.05) is 12.8 Å². The summed E-state index contributed by atoms with van der Waals surface area (Å²) in [5, 5.41) is 0. The summed E-state index contributed by atoms with van der Waals surface area (Å²) in [6.07, 6.45) is 7.23. The number of hydrogen-bond donors (Lipinski definition) is 0. The minimum Gasteiger partial charge on any atom is -0.300 e. The summed E-state index contributed by atoms with van der Waals surface area (Å²) in [5.74, 6) is 1.36. The molecule has 0 aromatic carbocycles. The first-order valence-electron chi connectivity index (χ1n) is 6.03. The normalized spacial score (nSPS) is 28.2. The summed E-state index contributed by atoms with van der Waals surface area (Å²) in [5.41, 5.74) is 0. The zero-order valence-corrected chi connectivity index (χ0v) is 9.17. The molecule has 0 N–H and O–H groups in total. The molecule has 0 bridgehead atoms. The number of nitrogens with zero attached hydrogens (tertiary/aromatic N) is 1. The minimum atomic E-state index is 0.458. The van der Waals surface area contributed by atoms with Crippen LogP contribution in [0, 0.1) is 5.92 Å². The van der Waals surface area contributed by atoms with Crippen molar-refractivity contribution in [3.63, 3.8) is 0 Å². The highest BCUT2D eigenvalue weighted by Crippen LogP contribution is 2.30. The fourth-order valence-electron chi connectivity index (χ4n) is 2.92. The van der Waals surface area contributed by atoms with E-state index >= 15 is 0 Å². The maximum absolute atomic E-state index is 11.1. The van der Waals surface area contributed by atoms with Crippen LogP contribution in [-0.4, -0.2) is 29.8 Å². The van der Waals surface area contributed by atoms with Crippen LogP contribution in [0.3, 0.4) is 0 Å². The fraction of sp³-hybridized carbons (Fsp3) is 0.917. The molecule has 2 nitrogen and oxygen atoms in total. The molecule has 2 heteroatoms. The Morgan fingerprint density at radius 2 is 1.79 bits per heavy atom. The standard InChI is InChI=1S/C12H21NO/c1-10(11-4-2-3-5-11)13-8-6-12(14)7-9-13/h10-11H,2-9H2,1H3. The lowest BCUT2D eigenvalue weighted by molar-refractivity contribution is -0.122. The summed E-state index contributed by atoms with van der Waals surface area (Å²) in [6, 6.07) is 0.714. The summed E-state index contributed by atoms with van der Waals surface area (Å²) < 4.78 is 0. The van der Waals surface area contributed by atoms with E-state index in [1.165, 1.54) is 25.7 Å². The summed E-state index contributed by atoms with van der Waals surface area (Å²) >= 11 is 0. The Labute approximate surface area is 86.7 Å². The second-order valence-electron chi connectivity index (χ2n) is 4.86. The number of carbonyl (C=O) groups excluding carboxylic acids is 1. The summed E-state index contributed by atoms with van der Waals surface area (Å²) in [6.45, 7) is 4.37. The van der Waals surface area contributed by atoms with E-state index in [9.17, 15) is 4.79 Å². The Morgan fingerprint density at radius 1 is 1.21 bits per heavy atom. The van der Waals surface area contributed by atoms with Gasteiger partial charge in [-0.3, -0.25) is 9.69 Å². The number of carbonyl (C=O) groups is 1. The maximum atomic E-state index is 11.1. The molecule has 1 saturated carbocycles. The van der Waals surface area contributed by atoms with Crippen molar-refractivity contribution in [3.05, 3.63) is 0 Å². The van der Waals surface area contributed by atoms with E-state index in [2.05, 4.69) is 11.8 Å². The van der Waals surface area contributed by atoms with Crippen LogP contribution >= 0.6 is 0 Å². The number of likely N-dealkylation sites (tertiary alicyclic amines) is 1. The van der Waals surface area contributed by atoms with Gasteiger partial charge in [0.05, 0.1) is 0 Å². The van der Waals surface area contributed by atoms with Crippen LogP contribution in [0.2, 0.25) is 0 Å². The number of rotatable bonds is 2. The molecule has 14 heavy (non-hydrogen) atoms. The molecule has 2 rings (SSSR count). The first-order valence-corrected chi connectivity index (χ1v) is 6.03. The van der Waals surface area contributed by atoms with E-state index in [1.54, 1.807) is 0 Å². The number of piperidine rings is 1. The molecule has 0 spiro atoms. The molecular formula is C12H21NO. The molecule has 1 atom stereocenters. The molecule has 1 unspecified atom stereocenters. The van der Waals surface area contributed by atoms with Gasteiger partial charge in [0, 0.05) is 32.0 Å². The van der Waals surface area contributed by atoms with E-state index in [-0.39, 0.29) is 0 Å². The molecule has 0 amide bonds. The van der Waals surface area contributed by atoms with E-state index < -0.39 is 0 Å². The highest BCUT2D eigenvalue weighted by Gasteiger charge is 2.28. The van der Waals surface area contributed by atoms with Gasteiger partial charge in [0.15, 0.2) is 0 Å². The Balaban J connectivity index is 1.84. The zero-order chi connectivity index (χ0) is 9.97. The van der Waals surface area contributed by atoms with Crippen LogP contribution < -0.4 is 0 Å². The van der Waals surface area contributed by atoms with E-state index in [0.717, 1.165) is 31.8 Å². The molecule has 0 aromatic rings. The maximum Gasteiger partial charge on any atom is 0.135 e. The van der Waals surface area contributed by atoms with Gasteiger partial charge in [-0.05, 0) is 25.7 Å². The average Bonchev–Trinajstić information content (AvgIpc) is 2.71. The highest BCUT2D eigenvalue weighted by molar-refractivity contribution is 5.79. The van der Waals surface area contributed by atoms with Crippen molar-refractivity contribution >= 4 is 5.78 Å². The third kappa shape index (κ3) is 2.17. The quantitative estimate of drug-likeness (QED) is 0.673.